The highest BCUT2D eigenvalue weighted by Crippen LogP contribution is 2.18. The lowest BCUT2D eigenvalue weighted by Crippen LogP contribution is -2.64. The molecule has 2 aromatic rings. The van der Waals surface area contributed by atoms with Crippen LogP contribution >= 0.6 is 0 Å². The third-order valence-electron chi connectivity index (χ3n) is 5.43. The van der Waals surface area contributed by atoms with Crippen molar-refractivity contribution in [2.24, 2.45) is 0 Å². The average Bonchev–Trinajstić information content (AvgIpc) is 2.90. The average molecular weight is 496 g/mol. The molecule has 0 heterocycles. The summed E-state index contributed by atoms with van der Waals surface area (Å²) < 4.78 is 10.2. The monoisotopic (exact) mass is 495 g/mol. The molecule has 0 radical (unpaired) electrons. The Morgan fingerprint density at radius 2 is 1.50 bits per heavy atom. The minimum absolute atomic E-state index is 0.213. The smallest absolute Gasteiger partial charge is 0.302 e. The lowest BCUT2D eigenvalue weighted by molar-refractivity contribution is -0.148. The van der Waals surface area contributed by atoms with Crippen molar-refractivity contribution in [2.75, 3.05) is 27.3 Å². The lowest BCUT2D eigenvalue weighted by atomic mass is 9.96. The zero-order chi connectivity index (χ0) is 26.7. The molecule has 36 heavy (non-hydrogen) atoms. The molecule has 0 bridgehead atoms. The van der Waals surface area contributed by atoms with E-state index in [2.05, 4.69) is 17.2 Å². The number of hydrogen-bond acceptors (Lipinski definition) is 7. The van der Waals surface area contributed by atoms with Gasteiger partial charge in [-0.15, -0.1) is 0 Å². The Morgan fingerprint density at radius 1 is 0.944 bits per heavy atom. The van der Waals surface area contributed by atoms with E-state index < -0.39 is 23.3 Å². The van der Waals surface area contributed by atoms with Gasteiger partial charge in [0.1, 0.15) is 6.61 Å². The van der Waals surface area contributed by atoms with Crippen LogP contribution < -0.4 is 10.8 Å². The van der Waals surface area contributed by atoms with Gasteiger partial charge in [0, 0.05) is 37.7 Å². The van der Waals surface area contributed by atoms with Gasteiger partial charge in [0.2, 0.25) is 0 Å². The normalized spacial score (nSPS) is 11.8. The number of nitrogens with zero attached hydrogens (tertiary/aromatic N) is 1. The van der Waals surface area contributed by atoms with Gasteiger partial charge < -0.3 is 19.7 Å². The number of carbonyl (C=O) groups is 4. The van der Waals surface area contributed by atoms with Crippen molar-refractivity contribution in [1.29, 1.82) is 0 Å². The fourth-order valence-electron chi connectivity index (χ4n) is 3.12. The van der Waals surface area contributed by atoms with Crippen LogP contribution in [0.3, 0.4) is 0 Å². The van der Waals surface area contributed by atoms with Crippen molar-refractivity contribution in [3.8, 4) is 11.8 Å². The topological polar surface area (TPSA) is 134 Å². The Balaban J connectivity index is 2.03. The quantitative estimate of drug-likeness (QED) is 0.119. The van der Waals surface area contributed by atoms with Crippen molar-refractivity contribution in [1.82, 2.24) is 15.7 Å². The van der Waals surface area contributed by atoms with E-state index in [9.17, 15) is 19.2 Å². The molecule has 0 saturated heterocycles. The lowest BCUT2D eigenvalue weighted by Gasteiger charge is -2.34. The molecule has 10 nitrogen and oxygen atoms in total. The molecule has 3 N–H and O–H groups in total. The van der Waals surface area contributed by atoms with Crippen LogP contribution in [-0.2, 0) is 30.5 Å². The number of amides is 3. The van der Waals surface area contributed by atoms with Crippen LogP contribution in [0.4, 0.5) is 0 Å². The second-order valence-corrected chi connectivity index (χ2v) is 7.87. The van der Waals surface area contributed by atoms with Crippen molar-refractivity contribution >= 4 is 23.7 Å². The van der Waals surface area contributed by atoms with E-state index in [4.69, 9.17) is 14.7 Å². The molecule has 0 aliphatic heterocycles. The zero-order valence-electron chi connectivity index (χ0n) is 20.6. The summed E-state index contributed by atoms with van der Waals surface area (Å²) in [7, 11) is 2.63. The highest BCUT2D eigenvalue weighted by atomic mass is 16.6. The SMILES string of the molecule is CNC(=O)[C@@](C)(C(=O)NO)N(C)C(=O)c1ccc(C#Cc2ccc(COCCOC(C)=O)cc2)cc1. The molecule has 0 unspecified atom stereocenters. The Labute approximate surface area is 209 Å². The van der Waals surface area contributed by atoms with Crippen LogP contribution in [0.1, 0.15) is 40.9 Å². The predicted octanol–water partition coefficient (Wildman–Crippen LogP) is 1.25. The standard InChI is InChI=1S/C26H29N3O7/c1-18(30)36-16-15-35-17-21-9-7-19(8-10-21)5-6-20-11-13-22(14-12-20)23(31)29(4)26(2,24(32)27-3)25(33)28-34/h7-14,34H,15-17H2,1-4H3,(H,27,32)(H,28,33)/t26-/m0/s1. The van der Waals surface area contributed by atoms with Crippen LogP contribution in [0, 0.1) is 11.8 Å². The van der Waals surface area contributed by atoms with Gasteiger partial charge in [-0.25, -0.2) is 5.48 Å². The molecule has 0 aliphatic rings. The fourth-order valence-corrected chi connectivity index (χ4v) is 3.12. The van der Waals surface area contributed by atoms with Crippen molar-refractivity contribution in [3.63, 3.8) is 0 Å². The van der Waals surface area contributed by atoms with Gasteiger partial charge in [-0.3, -0.25) is 24.4 Å². The van der Waals surface area contributed by atoms with Crippen molar-refractivity contribution < 1.29 is 33.9 Å². The third-order valence-corrected chi connectivity index (χ3v) is 5.43. The van der Waals surface area contributed by atoms with E-state index in [1.165, 1.54) is 33.4 Å². The Morgan fingerprint density at radius 3 is 2.00 bits per heavy atom. The second-order valence-electron chi connectivity index (χ2n) is 7.87. The van der Waals surface area contributed by atoms with E-state index in [0.29, 0.717) is 18.8 Å². The van der Waals surface area contributed by atoms with Crippen molar-refractivity contribution in [3.05, 3.63) is 70.8 Å². The van der Waals surface area contributed by atoms with Crippen LogP contribution in [0.5, 0.6) is 0 Å². The van der Waals surface area contributed by atoms with Crippen LogP contribution in [0.2, 0.25) is 0 Å². The van der Waals surface area contributed by atoms with Gasteiger partial charge in [-0.2, -0.15) is 0 Å². The molecule has 10 heteroatoms. The summed E-state index contributed by atoms with van der Waals surface area (Å²) in [5.74, 6) is 3.33. The van der Waals surface area contributed by atoms with Gasteiger partial charge in [0.15, 0.2) is 5.54 Å². The van der Waals surface area contributed by atoms with E-state index in [1.807, 2.05) is 24.3 Å². The zero-order valence-corrected chi connectivity index (χ0v) is 20.6. The molecule has 0 spiro atoms. The number of ether oxygens (including phenoxy) is 2. The predicted molar refractivity (Wildman–Crippen MR) is 130 cm³/mol. The van der Waals surface area contributed by atoms with Crippen molar-refractivity contribution in [2.45, 2.75) is 26.0 Å². The molecule has 1 atom stereocenters. The highest BCUT2D eigenvalue weighted by molar-refractivity contribution is 6.12. The van der Waals surface area contributed by atoms with Gasteiger partial charge >= 0.3 is 5.97 Å². The minimum Gasteiger partial charge on any atom is -0.463 e. The first-order valence-electron chi connectivity index (χ1n) is 11.0. The third kappa shape index (κ3) is 7.15. The van der Waals surface area contributed by atoms with E-state index in [0.717, 1.165) is 16.0 Å². The number of rotatable bonds is 9. The van der Waals surface area contributed by atoms with Gasteiger partial charge in [0.05, 0.1) is 13.2 Å². The number of nitrogens with one attached hydrogen (secondary N) is 2. The second kappa shape index (κ2) is 13.0. The van der Waals surface area contributed by atoms with Crippen LogP contribution in [0.15, 0.2) is 48.5 Å². The number of hydroxylamine groups is 1. The molecular formula is C26H29N3O7. The van der Waals surface area contributed by atoms with Gasteiger partial charge in [-0.05, 0) is 48.9 Å². The van der Waals surface area contributed by atoms with Crippen LogP contribution in [0.25, 0.3) is 0 Å². The van der Waals surface area contributed by atoms with E-state index in [-0.39, 0.29) is 18.1 Å². The summed E-state index contributed by atoms with van der Waals surface area (Å²) in [6, 6.07) is 13.9. The summed E-state index contributed by atoms with van der Waals surface area (Å²) in [5.41, 5.74) is 2.12. The van der Waals surface area contributed by atoms with Gasteiger partial charge in [-0.1, -0.05) is 24.0 Å². The first kappa shape index (κ1) is 28.0. The van der Waals surface area contributed by atoms with Gasteiger partial charge in [0.25, 0.3) is 17.7 Å². The maximum atomic E-state index is 12.9. The number of esters is 1. The Kier molecular flexibility index (Phi) is 10.2. The largest absolute Gasteiger partial charge is 0.463 e. The minimum atomic E-state index is -1.96. The maximum absolute atomic E-state index is 12.9. The molecule has 0 aliphatic carbocycles. The Bertz CT molecular complexity index is 1130. The van der Waals surface area contributed by atoms with E-state index >= 15 is 0 Å². The molecule has 3 amide bonds. The molecule has 0 fully saturated rings. The summed E-state index contributed by atoms with van der Waals surface area (Å²) in [6.45, 7) is 3.49. The maximum Gasteiger partial charge on any atom is 0.302 e. The number of benzene rings is 2. The number of carbonyl (C=O) groups excluding carboxylic acids is 4. The molecule has 2 rings (SSSR count). The van der Waals surface area contributed by atoms with Crippen LogP contribution in [-0.4, -0.2) is 66.6 Å². The highest BCUT2D eigenvalue weighted by Gasteiger charge is 2.47. The molecule has 0 saturated carbocycles. The first-order chi connectivity index (χ1) is 17.1. The summed E-state index contributed by atoms with van der Waals surface area (Å²) in [5, 5.41) is 11.4. The van der Waals surface area contributed by atoms with E-state index in [1.54, 1.807) is 24.3 Å². The molecule has 190 valence electrons. The fraction of sp³-hybridized carbons (Fsp3) is 0.308. The summed E-state index contributed by atoms with van der Waals surface area (Å²) >= 11 is 0. The summed E-state index contributed by atoms with van der Waals surface area (Å²) in [6.07, 6.45) is 0. The number of likely N-dealkylation sites (N-methyl/N-ethyl adjacent to an activating group) is 2. The summed E-state index contributed by atoms with van der Waals surface area (Å²) in [4.78, 5) is 49.0. The molecular weight excluding hydrogens is 466 g/mol. The number of hydrogen-bond donors (Lipinski definition) is 3. The molecule has 2 aromatic carbocycles. The first-order valence-corrected chi connectivity index (χ1v) is 11.0. The molecule has 0 aromatic heterocycles. The Hall–Kier alpha value is -4.20.